The number of aliphatic hydroxyl groups is 1. The van der Waals surface area contributed by atoms with Crippen LogP contribution in [0.1, 0.15) is 293 Å². The quantitative estimate of drug-likeness (QED) is 0.0222. The molecule has 4 unspecified atom stereocenters. The van der Waals surface area contributed by atoms with Crippen LogP contribution in [-0.4, -0.2) is 96.7 Å². The molecule has 0 aliphatic rings. The number of carbonyl (C=O) groups excluding carboxylic acids is 4. The SMILES string of the molecule is CCC(C)CCCCCCCCCCC(=O)O[C@H](COC(=O)CCCCCCCCCC(C)C)COP(=O)(O)OC[C@@H](O)COP(=O)(O)OC[C@@H](COC(=O)CCCCCCCCC(C)CC)OC(=O)CCCCCCCCC(C)C. The second-order valence-electron chi connectivity index (χ2n) is 23.9. The van der Waals surface area contributed by atoms with Crippen LogP contribution in [0.15, 0.2) is 0 Å². The Balaban J connectivity index is 5.26. The monoisotopic (exact) mass is 1200 g/mol. The molecule has 480 valence electrons. The fourth-order valence-electron chi connectivity index (χ4n) is 9.01. The summed E-state index contributed by atoms with van der Waals surface area (Å²) in [4.78, 5) is 72.1. The van der Waals surface area contributed by atoms with Crippen molar-refractivity contribution in [3.8, 4) is 0 Å². The van der Waals surface area contributed by atoms with Gasteiger partial charge in [-0.15, -0.1) is 0 Å². The van der Waals surface area contributed by atoms with E-state index in [9.17, 15) is 43.2 Å². The minimum Gasteiger partial charge on any atom is -0.462 e. The summed E-state index contributed by atoms with van der Waals surface area (Å²) in [6.45, 7) is 13.9. The van der Waals surface area contributed by atoms with Crippen LogP contribution in [0.3, 0.4) is 0 Å². The largest absolute Gasteiger partial charge is 0.472 e. The number of esters is 4. The minimum atomic E-state index is -4.94. The zero-order valence-corrected chi connectivity index (χ0v) is 54.2. The van der Waals surface area contributed by atoms with Gasteiger partial charge in [-0.25, -0.2) is 9.13 Å². The normalized spacial score (nSPS) is 15.2. The van der Waals surface area contributed by atoms with E-state index in [0.717, 1.165) is 115 Å². The van der Waals surface area contributed by atoms with Crippen molar-refractivity contribution < 1.29 is 80.2 Å². The lowest BCUT2D eigenvalue weighted by Crippen LogP contribution is -2.30. The number of aliphatic hydroxyl groups excluding tert-OH is 1. The molecule has 0 saturated heterocycles. The highest BCUT2D eigenvalue weighted by Crippen LogP contribution is 2.45. The third-order valence-electron chi connectivity index (χ3n) is 14.8. The Kier molecular flexibility index (Phi) is 51.1. The van der Waals surface area contributed by atoms with E-state index in [1.807, 2.05) is 0 Å². The Morgan fingerprint density at radius 1 is 0.346 bits per heavy atom. The molecule has 0 saturated carbocycles. The average molecular weight is 1200 g/mol. The molecule has 0 amide bonds. The number of hydrogen-bond donors (Lipinski definition) is 3. The lowest BCUT2D eigenvalue weighted by atomic mass is 9.99. The van der Waals surface area contributed by atoms with Crippen LogP contribution in [-0.2, 0) is 65.4 Å². The van der Waals surface area contributed by atoms with E-state index in [0.29, 0.717) is 37.5 Å². The fourth-order valence-corrected chi connectivity index (χ4v) is 10.6. The summed E-state index contributed by atoms with van der Waals surface area (Å²) in [6, 6.07) is 0. The van der Waals surface area contributed by atoms with Crippen molar-refractivity contribution in [2.24, 2.45) is 23.7 Å². The number of phosphoric ester groups is 2. The summed E-state index contributed by atoms with van der Waals surface area (Å²) in [5.74, 6) is 0.727. The van der Waals surface area contributed by atoms with Crippen molar-refractivity contribution in [2.45, 2.75) is 311 Å². The van der Waals surface area contributed by atoms with Crippen LogP contribution in [0, 0.1) is 23.7 Å². The highest BCUT2D eigenvalue weighted by Gasteiger charge is 2.30. The summed E-state index contributed by atoms with van der Waals surface area (Å²) in [6.07, 6.45) is 31.0. The molecule has 0 aromatic carbocycles. The maximum Gasteiger partial charge on any atom is 0.472 e. The highest BCUT2D eigenvalue weighted by atomic mass is 31.2. The van der Waals surface area contributed by atoms with E-state index in [-0.39, 0.29) is 25.7 Å². The van der Waals surface area contributed by atoms with Gasteiger partial charge in [-0.3, -0.25) is 37.3 Å². The number of carbonyl (C=O) groups is 4. The number of rotatable bonds is 59. The Morgan fingerprint density at radius 3 is 0.877 bits per heavy atom. The molecule has 0 bridgehead atoms. The predicted octanol–water partition coefficient (Wildman–Crippen LogP) is 16.6. The van der Waals surface area contributed by atoms with Gasteiger partial charge < -0.3 is 33.8 Å². The van der Waals surface area contributed by atoms with Gasteiger partial charge in [0.05, 0.1) is 26.4 Å². The second kappa shape index (κ2) is 52.4. The molecule has 0 aromatic heterocycles. The van der Waals surface area contributed by atoms with Gasteiger partial charge in [-0.05, 0) is 49.4 Å². The van der Waals surface area contributed by atoms with E-state index in [4.69, 9.17) is 37.0 Å². The van der Waals surface area contributed by atoms with Crippen LogP contribution < -0.4 is 0 Å². The zero-order chi connectivity index (χ0) is 60.4. The number of unbranched alkanes of at least 4 members (excludes halogenated alkanes) is 23. The second-order valence-corrected chi connectivity index (χ2v) is 26.8. The van der Waals surface area contributed by atoms with Gasteiger partial charge in [0.25, 0.3) is 0 Å². The predicted molar refractivity (Wildman–Crippen MR) is 321 cm³/mol. The van der Waals surface area contributed by atoms with Crippen LogP contribution in [0.25, 0.3) is 0 Å². The molecule has 0 aliphatic carbocycles. The lowest BCUT2D eigenvalue weighted by molar-refractivity contribution is -0.161. The maximum absolute atomic E-state index is 12.9. The first-order valence-corrected chi connectivity index (χ1v) is 35.3. The van der Waals surface area contributed by atoms with Crippen molar-refractivity contribution in [1.82, 2.24) is 0 Å². The fraction of sp³-hybridized carbons (Fsp3) is 0.935. The molecule has 0 fully saturated rings. The first kappa shape index (κ1) is 79.1. The summed E-state index contributed by atoms with van der Waals surface area (Å²) >= 11 is 0. The van der Waals surface area contributed by atoms with Gasteiger partial charge in [0, 0.05) is 25.7 Å². The molecule has 7 atom stereocenters. The highest BCUT2D eigenvalue weighted by molar-refractivity contribution is 7.47. The molecular formula is C62H120O17P2. The topological polar surface area (TPSA) is 237 Å². The minimum absolute atomic E-state index is 0.100. The van der Waals surface area contributed by atoms with Gasteiger partial charge in [0.2, 0.25) is 0 Å². The molecule has 0 spiro atoms. The molecule has 0 radical (unpaired) electrons. The molecule has 81 heavy (non-hydrogen) atoms. The third kappa shape index (κ3) is 54.5. The molecule has 3 N–H and O–H groups in total. The van der Waals surface area contributed by atoms with E-state index in [1.165, 1.54) is 83.5 Å². The van der Waals surface area contributed by atoms with Crippen LogP contribution in [0.2, 0.25) is 0 Å². The summed E-state index contributed by atoms with van der Waals surface area (Å²) in [7, 11) is -9.88. The number of hydrogen-bond acceptors (Lipinski definition) is 15. The van der Waals surface area contributed by atoms with E-state index in [2.05, 4.69) is 55.4 Å². The summed E-state index contributed by atoms with van der Waals surface area (Å²) in [5.41, 5.74) is 0. The standard InChI is InChI=1S/C62H120O17P2/c1-9-54(7)40-32-24-15-11-12-16-28-36-44-61(66)78-57(48-72-59(64)42-34-26-17-13-14-22-30-38-52(3)4)50-76-80(68,69)74-46-56(63)47-75-81(70,71)77-51-58(79-62(67)45-37-29-20-18-23-31-39-53(5)6)49-73-60(65)43-35-27-21-19-25-33-41-55(8)10-2/h52-58,63H,9-51H2,1-8H3,(H,68,69)(H,70,71)/t54?,55?,56-,57-,58-/m1/s1. The van der Waals surface area contributed by atoms with Crippen LogP contribution >= 0.6 is 15.6 Å². The number of ether oxygens (including phenoxy) is 4. The Morgan fingerprint density at radius 2 is 0.593 bits per heavy atom. The molecule has 0 aromatic rings. The molecule has 0 heterocycles. The van der Waals surface area contributed by atoms with E-state index >= 15 is 0 Å². The van der Waals surface area contributed by atoms with Crippen LogP contribution in [0.5, 0.6) is 0 Å². The molecule has 17 nitrogen and oxygen atoms in total. The molecular weight excluding hydrogens is 1080 g/mol. The van der Waals surface area contributed by atoms with Crippen molar-refractivity contribution in [3.63, 3.8) is 0 Å². The Hall–Kier alpha value is -1.94. The maximum atomic E-state index is 12.9. The summed E-state index contributed by atoms with van der Waals surface area (Å²) in [5, 5.41) is 10.5. The van der Waals surface area contributed by atoms with Gasteiger partial charge in [0.1, 0.15) is 19.3 Å². The molecule has 19 heteroatoms. The van der Waals surface area contributed by atoms with E-state index < -0.39 is 97.5 Å². The van der Waals surface area contributed by atoms with Crippen LogP contribution in [0.4, 0.5) is 0 Å². The van der Waals surface area contributed by atoms with Gasteiger partial charge in [-0.1, -0.05) is 242 Å². The average Bonchev–Trinajstić information content (AvgIpc) is 3.42. The summed E-state index contributed by atoms with van der Waals surface area (Å²) < 4.78 is 67.9. The van der Waals surface area contributed by atoms with Gasteiger partial charge in [0.15, 0.2) is 12.2 Å². The van der Waals surface area contributed by atoms with Gasteiger partial charge >= 0.3 is 39.5 Å². The molecule has 0 aliphatic heterocycles. The molecule has 0 rings (SSSR count). The third-order valence-corrected chi connectivity index (χ3v) is 16.7. The van der Waals surface area contributed by atoms with Crippen molar-refractivity contribution in [3.05, 3.63) is 0 Å². The smallest absolute Gasteiger partial charge is 0.462 e. The van der Waals surface area contributed by atoms with E-state index in [1.54, 1.807) is 0 Å². The zero-order valence-electron chi connectivity index (χ0n) is 52.4. The number of phosphoric acid groups is 2. The van der Waals surface area contributed by atoms with Gasteiger partial charge in [-0.2, -0.15) is 0 Å². The lowest BCUT2D eigenvalue weighted by Gasteiger charge is -2.21. The first-order valence-electron chi connectivity index (χ1n) is 32.3. The first-order chi connectivity index (χ1) is 38.7. The Bertz CT molecular complexity index is 1630. The van der Waals surface area contributed by atoms with Crippen molar-refractivity contribution in [2.75, 3.05) is 39.6 Å². The van der Waals surface area contributed by atoms with Crippen molar-refractivity contribution >= 4 is 39.5 Å². The van der Waals surface area contributed by atoms with Crippen molar-refractivity contribution in [1.29, 1.82) is 0 Å². The Labute approximate surface area is 492 Å².